The zero-order chi connectivity index (χ0) is 22.6. The predicted molar refractivity (Wildman–Crippen MR) is 120 cm³/mol. The number of benzene rings is 2. The number of hydrogen-bond donors (Lipinski definition) is 3. The molecule has 166 valence electrons. The number of rotatable bonds is 7. The van der Waals surface area contributed by atoms with Crippen LogP contribution in [0, 0.1) is 5.92 Å². The minimum atomic E-state index is -3.94. The molecule has 0 saturated heterocycles. The molecule has 2 aromatic carbocycles. The number of nitrogens with one attached hydrogen (secondary N) is 3. The zero-order valence-electron chi connectivity index (χ0n) is 17.4. The van der Waals surface area contributed by atoms with Gasteiger partial charge in [-0.2, -0.15) is 4.72 Å². The Kier molecular flexibility index (Phi) is 7.35. The molecular formula is C22H26ClN3O4S. The average Bonchev–Trinajstić information content (AvgIpc) is 2.91. The van der Waals surface area contributed by atoms with Gasteiger partial charge in [-0.1, -0.05) is 37.6 Å². The van der Waals surface area contributed by atoms with Crippen molar-refractivity contribution in [2.75, 3.05) is 5.32 Å². The summed E-state index contributed by atoms with van der Waals surface area (Å²) in [6, 6.07) is 10.7. The van der Waals surface area contributed by atoms with E-state index in [1.807, 2.05) is 0 Å². The number of halogens is 1. The summed E-state index contributed by atoms with van der Waals surface area (Å²) in [5, 5.41) is 6.17. The van der Waals surface area contributed by atoms with E-state index in [1.54, 1.807) is 50.2 Å². The van der Waals surface area contributed by atoms with Crippen molar-refractivity contribution in [2.24, 2.45) is 5.92 Å². The molecule has 1 atom stereocenters. The molecule has 1 unspecified atom stereocenters. The Morgan fingerprint density at radius 2 is 1.84 bits per heavy atom. The maximum absolute atomic E-state index is 13.0. The van der Waals surface area contributed by atoms with Crippen molar-refractivity contribution in [1.82, 2.24) is 10.0 Å². The highest BCUT2D eigenvalue weighted by Crippen LogP contribution is 2.25. The fraction of sp³-hybridized carbons (Fsp3) is 0.364. The van der Waals surface area contributed by atoms with Crippen molar-refractivity contribution in [2.45, 2.75) is 50.6 Å². The van der Waals surface area contributed by atoms with E-state index in [1.165, 1.54) is 6.07 Å². The van der Waals surface area contributed by atoms with Gasteiger partial charge in [0.25, 0.3) is 0 Å². The Balaban J connectivity index is 1.73. The molecule has 0 aromatic heterocycles. The lowest BCUT2D eigenvalue weighted by Crippen LogP contribution is -2.49. The van der Waals surface area contributed by atoms with Crippen molar-refractivity contribution >= 4 is 39.1 Å². The maximum Gasteiger partial charge on any atom is 0.241 e. The second-order valence-corrected chi connectivity index (χ2v) is 10.1. The average molecular weight is 464 g/mol. The number of hydrogen-bond acceptors (Lipinski definition) is 4. The van der Waals surface area contributed by atoms with E-state index < -0.39 is 22.0 Å². The summed E-state index contributed by atoms with van der Waals surface area (Å²) in [4.78, 5) is 24.5. The third-order valence-electron chi connectivity index (χ3n) is 5.12. The fourth-order valence-corrected chi connectivity index (χ4v) is 4.87. The monoisotopic (exact) mass is 463 g/mol. The Hall–Kier alpha value is -2.42. The molecule has 0 bridgehead atoms. The van der Waals surface area contributed by atoms with Crippen LogP contribution in [0.15, 0.2) is 47.4 Å². The van der Waals surface area contributed by atoms with Crippen molar-refractivity contribution in [3.05, 3.63) is 58.6 Å². The van der Waals surface area contributed by atoms with E-state index in [9.17, 15) is 18.0 Å². The van der Waals surface area contributed by atoms with E-state index in [0.717, 1.165) is 11.1 Å². The molecule has 7 nitrogen and oxygen atoms in total. The second kappa shape index (κ2) is 9.80. The smallest absolute Gasteiger partial charge is 0.241 e. The molecule has 1 aliphatic rings. The summed E-state index contributed by atoms with van der Waals surface area (Å²) >= 11 is 5.87. The first-order chi connectivity index (χ1) is 14.7. The number of amides is 2. The molecular weight excluding hydrogens is 438 g/mol. The molecule has 3 N–H and O–H groups in total. The molecule has 1 aliphatic heterocycles. The Morgan fingerprint density at radius 1 is 1.13 bits per heavy atom. The highest BCUT2D eigenvalue weighted by atomic mass is 35.5. The molecule has 31 heavy (non-hydrogen) atoms. The van der Waals surface area contributed by atoms with Gasteiger partial charge in [0.2, 0.25) is 21.8 Å². The summed E-state index contributed by atoms with van der Waals surface area (Å²) in [6.07, 6.45) is 1.66. The van der Waals surface area contributed by atoms with Gasteiger partial charge in [0.1, 0.15) is 6.04 Å². The van der Waals surface area contributed by atoms with E-state index >= 15 is 0 Å². The molecule has 0 spiro atoms. The number of fused-ring (bicyclic) bond motifs is 1. The summed E-state index contributed by atoms with van der Waals surface area (Å²) in [5.74, 6) is -0.750. The van der Waals surface area contributed by atoms with Gasteiger partial charge in [0.15, 0.2) is 0 Å². The van der Waals surface area contributed by atoms with Crippen LogP contribution in [0.1, 0.15) is 37.8 Å². The van der Waals surface area contributed by atoms with Crippen LogP contribution in [0.3, 0.4) is 0 Å². The van der Waals surface area contributed by atoms with Crippen molar-refractivity contribution in [3.8, 4) is 0 Å². The normalized spacial score (nSPS) is 15.0. The van der Waals surface area contributed by atoms with E-state index in [0.29, 0.717) is 30.0 Å². The molecule has 0 fully saturated rings. The van der Waals surface area contributed by atoms with Crippen LogP contribution in [0.4, 0.5) is 5.69 Å². The topological polar surface area (TPSA) is 104 Å². The predicted octanol–water partition coefficient (Wildman–Crippen LogP) is 3.23. The van der Waals surface area contributed by atoms with Crippen LogP contribution in [-0.2, 0) is 32.6 Å². The van der Waals surface area contributed by atoms with Crippen LogP contribution in [0.25, 0.3) is 0 Å². The summed E-state index contributed by atoms with van der Waals surface area (Å²) in [6.45, 7) is 3.82. The summed E-state index contributed by atoms with van der Waals surface area (Å²) in [5.41, 5.74) is 2.25. The van der Waals surface area contributed by atoms with Crippen LogP contribution in [-0.4, -0.2) is 26.3 Å². The molecule has 9 heteroatoms. The standard InChI is InChI=1S/C22H26ClN3O4S/c1-14(2)21(22(28)24-13-15-6-8-17(23)9-7-15)26-31(29,30)18-10-11-19-16(12-18)4-3-5-20(27)25-19/h6-12,14,21,26H,3-5,13H2,1-2H3,(H,24,28)(H,25,27). The van der Waals surface area contributed by atoms with Gasteiger partial charge in [0, 0.05) is 23.7 Å². The maximum atomic E-state index is 13.0. The lowest BCUT2D eigenvalue weighted by atomic mass is 10.0. The third-order valence-corrected chi connectivity index (χ3v) is 6.81. The van der Waals surface area contributed by atoms with Crippen molar-refractivity contribution < 1.29 is 18.0 Å². The number of aryl methyl sites for hydroxylation is 1. The molecule has 2 amide bonds. The zero-order valence-corrected chi connectivity index (χ0v) is 19.0. The van der Waals surface area contributed by atoms with Gasteiger partial charge in [-0.05, 0) is 60.2 Å². The molecule has 1 heterocycles. The largest absolute Gasteiger partial charge is 0.351 e. The number of anilines is 1. The highest BCUT2D eigenvalue weighted by Gasteiger charge is 2.29. The van der Waals surface area contributed by atoms with Crippen LogP contribution in [0.5, 0.6) is 0 Å². The van der Waals surface area contributed by atoms with Gasteiger partial charge in [0.05, 0.1) is 4.90 Å². The lowest BCUT2D eigenvalue weighted by Gasteiger charge is -2.22. The molecule has 2 aromatic rings. The van der Waals surface area contributed by atoms with Crippen LogP contribution in [0.2, 0.25) is 5.02 Å². The van der Waals surface area contributed by atoms with Gasteiger partial charge in [-0.3, -0.25) is 9.59 Å². The Labute approximate surface area is 187 Å². The number of carbonyl (C=O) groups excluding carboxylic acids is 2. The quantitative estimate of drug-likeness (QED) is 0.586. The van der Waals surface area contributed by atoms with Gasteiger partial charge < -0.3 is 10.6 Å². The molecule has 3 rings (SSSR count). The SMILES string of the molecule is CC(C)C(NS(=O)(=O)c1ccc2c(c1)CCCC(=O)N2)C(=O)NCc1ccc(Cl)cc1. The van der Waals surface area contributed by atoms with Crippen LogP contribution >= 0.6 is 11.6 Å². The summed E-state index contributed by atoms with van der Waals surface area (Å²) < 4.78 is 28.5. The summed E-state index contributed by atoms with van der Waals surface area (Å²) in [7, 11) is -3.94. The van der Waals surface area contributed by atoms with E-state index in [-0.39, 0.29) is 23.3 Å². The van der Waals surface area contributed by atoms with E-state index in [4.69, 9.17) is 11.6 Å². The Morgan fingerprint density at radius 3 is 2.52 bits per heavy atom. The molecule has 0 radical (unpaired) electrons. The Bertz CT molecular complexity index is 1070. The van der Waals surface area contributed by atoms with E-state index in [2.05, 4.69) is 15.4 Å². The number of sulfonamides is 1. The highest BCUT2D eigenvalue weighted by molar-refractivity contribution is 7.89. The van der Waals surface area contributed by atoms with Crippen molar-refractivity contribution in [3.63, 3.8) is 0 Å². The first-order valence-corrected chi connectivity index (χ1v) is 12.0. The van der Waals surface area contributed by atoms with Gasteiger partial charge in [-0.15, -0.1) is 0 Å². The minimum absolute atomic E-state index is 0.0681. The van der Waals surface area contributed by atoms with Gasteiger partial charge in [-0.25, -0.2) is 8.42 Å². The minimum Gasteiger partial charge on any atom is -0.351 e. The van der Waals surface area contributed by atoms with Crippen LogP contribution < -0.4 is 15.4 Å². The lowest BCUT2D eigenvalue weighted by molar-refractivity contribution is -0.123. The molecule has 0 saturated carbocycles. The van der Waals surface area contributed by atoms with Crippen molar-refractivity contribution in [1.29, 1.82) is 0 Å². The van der Waals surface area contributed by atoms with Gasteiger partial charge >= 0.3 is 0 Å². The fourth-order valence-electron chi connectivity index (χ4n) is 3.35. The third kappa shape index (κ3) is 6.06. The first kappa shape index (κ1) is 23.2. The first-order valence-electron chi connectivity index (χ1n) is 10.1. The second-order valence-electron chi connectivity index (χ2n) is 7.91. The molecule has 0 aliphatic carbocycles. The number of carbonyl (C=O) groups is 2.